The van der Waals surface area contributed by atoms with Gasteiger partial charge in [-0.2, -0.15) is 13.2 Å². The van der Waals surface area contributed by atoms with Gasteiger partial charge in [0.2, 0.25) is 5.95 Å². The maximum Gasteiger partial charge on any atom is 0.433 e. The largest absolute Gasteiger partial charge is 0.497 e. The van der Waals surface area contributed by atoms with E-state index in [-0.39, 0.29) is 17.7 Å². The molecule has 1 aliphatic rings. The van der Waals surface area contributed by atoms with E-state index in [1.807, 2.05) is 0 Å². The van der Waals surface area contributed by atoms with Gasteiger partial charge in [0.15, 0.2) is 5.69 Å². The molecule has 1 aromatic heterocycles. The number of halogens is 3. The first-order valence-electron chi connectivity index (χ1n) is 7.83. The predicted octanol–water partition coefficient (Wildman–Crippen LogP) is 4.53. The van der Waals surface area contributed by atoms with Crippen molar-refractivity contribution >= 4 is 5.95 Å². The van der Waals surface area contributed by atoms with Crippen molar-refractivity contribution in [3.05, 3.63) is 36.0 Å². The number of anilines is 1. The topological polar surface area (TPSA) is 47.0 Å². The Morgan fingerprint density at radius 2 is 1.88 bits per heavy atom. The molecule has 1 heterocycles. The van der Waals surface area contributed by atoms with Crippen LogP contribution in [0.3, 0.4) is 0 Å². The molecule has 3 rings (SSSR count). The molecule has 0 radical (unpaired) electrons. The summed E-state index contributed by atoms with van der Waals surface area (Å²) in [5.41, 5.74) is -0.177. The van der Waals surface area contributed by atoms with E-state index in [4.69, 9.17) is 4.74 Å². The van der Waals surface area contributed by atoms with Crippen LogP contribution in [0.15, 0.2) is 30.3 Å². The van der Waals surface area contributed by atoms with Gasteiger partial charge in [0.05, 0.1) is 12.8 Å². The minimum atomic E-state index is -4.53. The molecule has 4 nitrogen and oxygen atoms in total. The van der Waals surface area contributed by atoms with Crippen molar-refractivity contribution in [3.8, 4) is 17.0 Å². The van der Waals surface area contributed by atoms with E-state index in [0.29, 0.717) is 11.3 Å². The SMILES string of the molecule is COc1cccc(-c2cc(C(F)(F)F)nc(NC3CCCC3)n2)c1. The molecule has 0 amide bonds. The molecule has 1 saturated carbocycles. The van der Waals surface area contributed by atoms with Gasteiger partial charge in [-0.1, -0.05) is 25.0 Å². The van der Waals surface area contributed by atoms with Crippen molar-refractivity contribution in [1.29, 1.82) is 0 Å². The highest BCUT2D eigenvalue weighted by atomic mass is 19.4. The predicted molar refractivity (Wildman–Crippen MR) is 84.9 cm³/mol. The van der Waals surface area contributed by atoms with Gasteiger partial charge in [-0.15, -0.1) is 0 Å². The zero-order valence-corrected chi connectivity index (χ0v) is 13.2. The van der Waals surface area contributed by atoms with Crippen LogP contribution in [0.1, 0.15) is 31.4 Å². The van der Waals surface area contributed by atoms with Crippen molar-refractivity contribution in [3.63, 3.8) is 0 Å². The summed E-state index contributed by atoms with van der Waals surface area (Å²) in [6, 6.07) is 7.90. The van der Waals surface area contributed by atoms with Gasteiger partial charge in [0, 0.05) is 11.6 Å². The van der Waals surface area contributed by atoms with Crippen LogP contribution in [0.2, 0.25) is 0 Å². The minimum absolute atomic E-state index is 0.0227. The third-order valence-electron chi connectivity index (χ3n) is 4.07. The summed E-state index contributed by atoms with van der Waals surface area (Å²) in [6.07, 6.45) is -0.538. The van der Waals surface area contributed by atoms with Gasteiger partial charge in [-0.05, 0) is 31.0 Å². The summed E-state index contributed by atoms with van der Waals surface area (Å²) < 4.78 is 44.7. The summed E-state index contributed by atoms with van der Waals surface area (Å²) in [6.45, 7) is 0. The Morgan fingerprint density at radius 3 is 2.54 bits per heavy atom. The Bertz CT molecular complexity index is 712. The average molecular weight is 337 g/mol. The third kappa shape index (κ3) is 3.77. The lowest BCUT2D eigenvalue weighted by molar-refractivity contribution is -0.141. The fraction of sp³-hybridized carbons (Fsp3) is 0.412. The number of hydrogen-bond donors (Lipinski definition) is 1. The van der Waals surface area contributed by atoms with E-state index in [1.54, 1.807) is 24.3 Å². The van der Waals surface area contributed by atoms with Crippen LogP contribution >= 0.6 is 0 Å². The Labute approximate surface area is 138 Å². The van der Waals surface area contributed by atoms with Crippen molar-refractivity contribution in [2.45, 2.75) is 37.9 Å². The number of nitrogens with zero attached hydrogens (tertiary/aromatic N) is 2. The van der Waals surface area contributed by atoms with E-state index in [2.05, 4.69) is 15.3 Å². The molecule has 0 aliphatic heterocycles. The summed E-state index contributed by atoms with van der Waals surface area (Å²) in [5, 5.41) is 3.04. The second kappa shape index (κ2) is 6.67. The highest BCUT2D eigenvalue weighted by molar-refractivity contribution is 5.63. The molecule has 0 spiro atoms. The molecule has 2 aromatic rings. The summed E-state index contributed by atoms with van der Waals surface area (Å²) in [5.74, 6) is 0.583. The number of alkyl halides is 3. The molecule has 24 heavy (non-hydrogen) atoms. The lowest BCUT2D eigenvalue weighted by Crippen LogP contribution is -2.19. The highest BCUT2D eigenvalue weighted by Crippen LogP contribution is 2.32. The molecule has 1 aliphatic carbocycles. The van der Waals surface area contributed by atoms with Crippen LogP contribution in [0, 0.1) is 0 Å². The molecule has 1 aromatic carbocycles. The zero-order valence-electron chi connectivity index (χ0n) is 13.2. The van der Waals surface area contributed by atoms with Crippen LogP contribution in [-0.2, 0) is 6.18 Å². The van der Waals surface area contributed by atoms with Crippen LogP contribution in [0.4, 0.5) is 19.1 Å². The summed E-state index contributed by atoms with van der Waals surface area (Å²) in [7, 11) is 1.51. The normalized spacial score (nSPS) is 15.5. The first kappa shape index (κ1) is 16.5. The molecular formula is C17H18F3N3O. The maximum atomic E-state index is 13.2. The summed E-state index contributed by atoms with van der Waals surface area (Å²) >= 11 is 0. The number of aromatic nitrogens is 2. The quantitative estimate of drug-likeness (QED) is 0.891. The smallest absolute Gasteiger partial charge is 0.433 e. The zero-order chi connectivity index (χ0) is 17.2. The van der Waals surface area contributed by atoms with Crippen LogP contribution in [0.25, 0.3) is 11.3 Å². The van der Waals surface area contributed by atoms with Crippen molar-refractivity contribution in [2.75, 3.05) is 12.4 Å². The van der Waals surface area contributed by atoms with E-state index < -0.39 is 11.9 Å². The molecule has 1 fully saturated rings. The number of hydrogen-bond acceptors (Lipinski definition) is 4. The van der Waals surface area contributed by atoms with Crippen LogP contribution < -0.4 is 10.1 Å². The Hall–Kier alpha value is -2.31. The molecule has 0 unspecified atom stereocenters. The van der Waals surface area contributed by atoms with E-state index in [1.165, 1.54) is 7.11 Å². The molecule has 1 N–H and O–H groups in total. The van der Waals surface area contributed by atoms with E-state index in [9.17, 15) is 13.2 Å². The summed E-state index contributed by atoms with van der Waals surface area (Å²) in [4.78, 5) is 7.94. The average Bonchev–Trinajstić information content (AvgIpc) is 3.07. The van der Waals surface area contributed by atoms with E-state index >= 15 is 0 Å². The number of ether oxygens (including phenoxy) is 1. The van der Waals surface area contributed by atoms with Crippen LogP contribution in [-0.4, -0.2) is 23.1 Å². The molecule has 128 valence electrons. The molecule has 0 bridgehead atoms. The first-order chi connectivity index (χ1) is 11.5. The highest BCUT2D eigenvalue weighted by Gasteiger charge is 2.34. The van der Waals surface area contributed by atoms with Gasteiger partial charge in [0.1, 0.15) is 5.75 Å². The van der Waals surface area contributed by atoms with Gasteiger partial charge >= 0.3 is 6.18 Å². The number of rotatable bonds is 4. The lowest BCUT2D eigenvalue weighted by Gasteiger charge is -2.15. The minimum Gasteiger partial charge on any atom is -0.497 e. The second-order valence-corrected chi connectivity index (χ2v) is 5.82. The van der Waals surface area contributed by atoms with Gasteiger partial charge in [-0.25, -0.2) is 9.97 Å². The first-order valence-corrected chi connectivity index (χ1v) is 7.83. The fourth-order valence-corrected chi connectivity index (χ4v) is 2.84. The Balaban J connectivity index is 2.00. The third-order valence-corrected chi connectivity index (χ3v) is 4.07. The standard InChI is InChI=1S/C17H18F3N3O/c1-24-13-8-4-5-11(9-13)14-10-15(17(18,19)20)23-16(22-14)21-12-6-2-3-7-12/h4-5,8-10,12H,2-3,6-7H2,1H3,(H,21,22,23). The lowest BCUT2D eigenvalue weighted by atomic mass is 10.1. The molecule has 0 atom stereocenters. The van der Waals surface area contributed by atoms with Crippen molar-refractivity contribution in [2.24, 2.45) is 0 Å². The Morgan fingerprint density at radius 1 is 1.12 bits per heavy atom. The molecule has 0 saturated heterocycles. The molecule has 7 heteroatoms. The van der Waals surface area contributed by atoms with Crippen molar-refractivity contribution in [1.82, 2.24) is 9.97 Å². The number of nitrogens with one attached hydrogen (secondary N) is 1. The maximum absolute atomic E-state index is 13.2. The second-order valence-electron chi connectivity index (χ2n) is 5.82. The Kier molecular flexibility index (Phi) is 4.59. The number of benzene rings is 1. The van der Waals surface area contributed by atoms with Gasteiger partial charge < -0.3 is 10.1 Å². The van der Waals surface area contributed by atoms with E-state index in [0.717, 1.165) is 31.7 Å². The molecular weight excluding hydrogens is 319 g/mol. The van der Waals surface area contributed by atoms with Gasteiger partial charge in [-0.3, -0.25) is 0 Å². The van der Waals surface area contributed by atoms with Crippen LogP contribution in [0.5, 0.6) is 5.75 Å². The van der Waals surface area contributed by atoms with Gasteiger partial charge in [0.25, 0.3) is 0 Å². The van der Waals surface area contributed by atoms with Crippen molar-refractivity contribution < 1.29 is 17.9 Å². The monoisotopic (exact) mass is 337 g/mol. The number of methoxy groups -OCH3 is 1. The fourth-order valence-electron chi connectivity index (χ4n) is 2.84.